The number of unbranched alkanes of at least 4 members (excludes halogenated alkanes) is 4. The van der Waals surface area contributed by atoms with E-state index >= 15 is 0 Å². The molecule has 0 aliphatic heterocycles. The number of benzene rings is 2. The fourth-order valence-electron chi connectivity index (χ4n) is 2.83. The number of ketones is 1. The number of hydrogen-bond acceptors (Lipinski definition) is 5. The smallest absolute Gasteiger partial charge is 0.298 e. The number of carbonyl (C=O) groups is 1. The molecular weight excluding hydrogens is 380 g/mol. The molecule has 6 nitrogen and oxygen atoms in total. The van der Waals surface area contributed by atoms with Crippen molar-refractivity contribution in [2.45, 2.75) is 56.6 Å². The number of carbonyl (C=O) groups excluding carboxylic acids is 1. The Labute approximate surface area is 165 Å². The normalized spacial score (nSPS) is 12.5. The summed E-state index contributed by atoms with van der Waals surface area (Å²) in [5, 5.41) is 10.0. The van der Waals surface area contributed by atoms with Crippen LogP contribution in [0.25, 0.3) is 0 Å². The molecule has 1 unspecified atom stereocenters. The van der Waals surface area contributed by atoms with Crippen LogP contribution in [0.3, 0.4) is 0 Å². The van der Waals surface area contributed by atoms with Crippen molar-refractivity contribution >= 4 is 15.9 Å². The van der Waals surface area contributed by atoms with Crippen molar-refractivity contribution in [1.29, 1.82) is 0 Å². The van der Waals surface area contributed by atoms with E-state index in [1.165, 1.54) is 12.1 Å². The van der Waals surface area contributed by atoms with Crippen molar-refractivity contribution < 1.29 is 27.6 Å². The Hall–Kier alpha value is -2.22. The maximum absolute atomic E-state index is 12.5. The molecule has 2 rings (SSSR count). The van der Waals surface area contributed by atoms with Crippen LogP contribution < -0.4 is 4.74 Å². The first-order valence-electron chi connectivity index (χ1n) is 9.39. The Morgan fingerprint density at radius 2 is 1.68 bits per heavy atom. The van der Waals surface area contributed by atoms with Crippen LogP contribution in [-0.2, 0) is 10.1 Å². The molecule has 0 aromatic heterocycles. The second kappa shape index (κ2) is 10.4. The predicted molar refractivity (Wildman–Crippen MR) is 106 cm³/mol. The third-order valence-electron chi connectivity index (χ3n) is 4.34. The largest absolute Gasteiger partial charge is 0.464 e. The first kappa shape index (κ1) is 22.1. The van der Waals surface area contributed by atoms with Gasteiger partial charge < -0.3 is 9.84 Å². The summed E-state index contributed by atoms with van der Waals surface area (Å²) < 4.78 is 38.4. The van der Waals surface area contributed by atoms with Gasteiger partial charge in [0.05, 0.1) is 0 Å². The molecule has 2 aromatic rings. The van der Waals surface area contributed by atoms with Gasteiger partial charge in [-0.05, 0) is 24.6 Å². The van der Waals surface area contributed by atoms with E-state index in [-0.39, 0.29) is 17.1 Å². The van der Waals surface area contributed by atoms with E-state index in [1.54, 1.807) is 30.3 Å². The molecule has 0 spiro atoms. The molecule has 0 fully saturated rings. The minimum Gasteiger partial charge on any atom is -0.464 e. The molecule has 2 N–H and O–H groups in total. The lowest BCUT2D eigenvalue weighted by atomic mass is 10.0. The molecule has 0 heterocycles. The Bertz CT molecular complexity index is 877. The number of aliphatic hydroxyl groups excluding tert-OH is 1. The van der Waals surface area contributed by atoms with Crippen molar-refractivity contribution in [3.05, 3.63) is 59.7 Å². The van der Waals surface area contributed by atoms with E-state index in [4.69, 9.17) is 4.74 Å². The molecule has 2 aromatic carbocycles. The van der Waals surface area contributed by atoms with E-state index in [0.717, 1.165) is 38.2 Å². The van der Waals surface area contributed by atoms with Crippen LogP contribution in [0.1, 0.15) is 61.4 Å². The summed E-state index contributed by atoms with van der Waals surface area (Å²) in [4.78, 5) is 12.0. The number of ether oxygens (including phenoxy) is 1. The highest BCUT2D eigenvalue weighted by molar-refractivity contribution is 7.86. The standard InChI is InChI=1S/C21H26O6S/c1-2-3-4-5-9-12-20(22)27-18-14-13-17(15-19(18)28(24,25)26)21(23)16-10-7-6-8-11-16/h6-8,10-11,13-15,20,22H,2-5,9,12H2,1H3,(H,24,25,26). The van der Waals surface area contributed by atoms with E-state index in [0.29, 0.717) is 12.0 Å². The summed E-state index contributed by atoms with van der Waals surface area (Å²) in [5.41, 5.74) is 0.491. The highest BCUT2D eigenvalue weighted by atomic mass is 32.2. The van der Waals surface area contributed by atoms with Crippen LogP contribution in [-0.4, -0.2) is 30.2 Å². The second-order valence-electron chi connectivity index (χ2n) is 6.61. The Morgan fingerprint density at radius 3 is 2.32 bits per heavy atom. The number of hydrogen-bond donors (Lipinski definition) is 2. The van der Waals surface area contributed by atoms with Crippen LogP contribution in [0.5, 0.6) is 5.75 Å². The van der Waals surface area contributed by atoms with Crippen LogP contribution in [0.15, 0.2) is 53.4 Å². The Kier molecular flexibility index (Phi) is 8.17. The third-order valence-corrected chi connectivity index (χ3v) is 5.21. The lowest BCUT2D eigenvalue weighted by Gasteiger charge is -2.16. The fraction of sp³-hybridized carbons (Fsp3) is 0.381. The van der Waals surface area contributed by atoms with Crippen molar-refractivity contribution in [1.82, 2.24) is 0 Å². The van der Waals surface area contributed by atoms with E-state index in [9.17, 15) is 22.9 Å². The summed E-state index contributed by atoms with van der Waals surface area (Å²) in [7, 11) is -4.64. The molecule has 152 valence electrons. The fourth-order valence-corrected chi connectivity index (χ4v) is 3.48. The van der Waals surface area contributed by atoms with Gasteiger partial charge in [-0.1, -0.05) is 62.9 Å². The zero-order valence-electron chi connectivity index (χ0n) is 15.9. The van der Waals surface area contributed by atoms with Gasteiger partial charge >= 0.3 is 0 Å². The van der Waals surface area contributed by atoms with Gasteiger partial charge in [0, 0.05) is 17.5 Å². The Balaban J connectivity index is 2.16. The molecule has 0 saturated heterocycles. The number of rotatable bonds is 11. The van der Waals surface area contributed by atoms with Crippen LogP contribution >= 0.6 is 0 Å². The molecule has 28 heavy (non-hydrogen) atoms. The quantitative estimate of drug-likeness (QED) is 0.251. The van der Waals surface area contributed by atoms with Gasteiger partial charge in [-0.3, -0.25) is 9.35 Å². The maximum atomic E-state index is 12.5. The van der Waals surface area contributed by atoms with Gasteiger partial charge in [-0.15, -0.1) is 0 Å². The molecule has 0 amide bonds. The molecule has 0 radical (unpaired) electrons. The first-order valence-corrected chi connectivity index (χ1v) is 10.8. The van der Waals surface area contributed by atoms with Crippen LogP contribution in [0.4, 0.5) is 0 Å². The van der Waals surface area contributed by atoms with Gasteiger partial charge in [0.25, 0.3) is 10.1 Å². The lowest BCUT2D eigenvalue weighted by molar-refractivity contribution is -0.0266. The summed E-state index contributed by atoms with van der Waals surface area (Å²) in [5.74, 6) is -0.568. The minimum atomic E-state index is -4.64. The monoisotopic (exact) mass is 406 g/mol. The summed E-state index contributed by atoms with van der Waals surface area (Å²) in [6.07, 6.45) is 4.15. The van der Waals surface area contributed by atoms with Gasteiger partial charge in [0.15, 0.2) is 12.1 Å². The summed E-state index contributed by atoms with van der Waals surface area (Å²) >= 11 is 0. The first-order chi connectivity index (χ1) is 13.3. The topological polar surface area (TPSA) is 101 Å². The van der Waals surface area contributed by atoms with Gasteiger partial charge in [0.1, 0.15) is 10.6 Å². The van der Waals surface area contributed by atoms with Gasteiger partial charge in [0.2, 0.25) is 0 Å². The van der Waals surface area contributed by atoms with Crippen molar-refractivity contribution in [3.63, 3.8) is 0 Å². The third kappa shape index (κ3) is 6.44. The molecule has 7 heteroatoms. The average Bonchev–Trinajstić information content (AvgIpc) is 2.67. The number of aliphatic hydroxyl groups is 1. The van der Waals surface area contributed by atoms with Crippen molar-refractivity contribution in [2.75, 3.05) is 0 Å². The Morgan fingerprint density at radius 1 is 1.00 bits per heavy atom. The zero-order chi connectivity index (χ0) is 20.6. The van der Waals surface area contributed by atoms with Crippen molar-refractivity contribution in [2.24, 2.45) is 0 Å². The zero-order valence-corrected chi connectivity index (χ0v) is 16.7. The molecule has 0 aliphatic carbocycles. The molecule has 0 saturated carbocycles. The van der Waals surface area contributed by atoms with Crippen molar-refractivity contribution in [3.8, 4) is 5.75 Å². The van der Waals surface area contributed by atoms with Gasteiger partial charge in [-0.2, -0.15) is 8.42 Å². The van der Waals surface area contributed by atoms with Crippen LogP contribution in [0, 0.1) is 0 Å². The van der Waals surface area contributed by atoms with Crippen LogP contribution in [0.2, 0.25) is 0 Å². The SMILES string of the molecule is CCCCCCCC(O)Oc1ccc(C(=O)c2ccccc2)cc1S(=O)(=O)O. The molecule has 1 atom stereocenters. The summed E-state index contributed by atoms with van der Waals surface area (Å²) in [6.45, 7) is 2.11. The average molecular weight is 407 g/mol. The highest BCUT2D eigenvalue weighted by Gasteiger charge is 2.22. The second-order valence-corrected chi connectivity index (χ2v) is 8.00. The predicted octanol–water partition coefficient (Wildman–Crippen LogP) is 4.22. The molecule has 0 aliphatic rings. The van der Waals surface area contributed by atoms with E-state index in [1.807, 2.05) is 0 Å². The summed E-state index contributed by atoms with van der Waals surface area (Å²) in [6, 6.07) is 12.1. The minimum absolute atomic E-state index is 0.0974. The molecule has 0 bridgehead atoms. The highest BCUT2D eigenvalue weighted by Crippen LogP contribution is 2.27. The molecular formula is C21H26O6S. The van der Waals surface area contributed by atoms with Gasteiger partial charge in [-0.25, -0.2) is 0 Å². The van der Waals surface area contributed by atoms with E-state index < -0.39 is 21.3 Å². The lowest BCUT2D eigenvalue weighted by Crippen LogP contribution is -2.17. The van der Waals surface area contributed by atoms with E-state index in [2.05, 4.69) is 6.92 Å². The maximum Gasteiger partial charge on any atom is 0.298 e.